The number of hydrogen-bond acceptors (Lipinski definition) is 3. The molecule has 5 nitrogen and oxygen atoms in total. The van der Waals surface area contributed by atoms with Crippen molar-refractivity contribution in [3.05, 3.63) is 29.8 Å². The molecule has 0 aromatic heterocycles. The fraction of sp³-hybridized carbons (Fsp3) is 0.500. The normalized spacial score (nSPS) is 25.3. The van der Waals surface area contributed by atoms with Crippen LogP contribution in [-0.4, -0.2) is 36.1 Å². The largest absolute Gasteiger partial charge is 0.334 e. The number of carbonyl (C=O) groups is 1. The molecule has 1 aliphatic heterocycles. The number of amides is 2. The standard InChI is InChI=1S/C16H20N4O/c1-11-9-20(14-6-7-14)10-15(11)19-16(21)18-13-4-2-12(8-17)3-5-13/h2-5,11,14-15H,6-7,9-10H2,1H3,(H2,18,19,21)/t11-,15+/m1/s1. The minimum absolute atomic E-state index is 0.172. The second-order valence-corrected chi connectivity index (χ2v) is 6.06. The second kappa shape index (κ2) is 5.74. The lowest BCUT2D eigenvalue weighted by molar-refractivity contribution is 0.246. The first-order valence-corrected chi connectivity index (χ1v) is 7.47. The lowest BCUT2D eigenvalue weighted by Crippen LogP contribution is -2.42. The van der Waals surface area contributed by atoms with Gasteiger partial charge in [-0.05, 0) is 43.0 Å². The molecule has 2 N–H and O–H groups in total. The van der Waals surface area contributed by atoms with Gasteiger partial charge in [0.15, 0.2) is 0 Å². The molecule has 21 heavy (non-hydrogen) atoms. The molecule has 5 heteroatoms. The summed E-state index contributed by atoms with van der Waals surface area (Å²) in [5, 5.41) is 14.6. The zero-order chi connectivity index (χ0) is 14.8. The molecule has 1 heterocycles. The summed E-state index contributed by atoms with van der Waals surface area (Å²) in [6, 6.07) is 9.73. The highest BCUT2D eigenvalue weighted by Gasteiger charge is 2.38. The van der Waals surface area contributed by atoms with Gasteiger partial charge in [-0.2, -0.15) is 5.26 Å². The lowest BCUT2D eigenvalue weighted by Gasteiger charge is -2.17. The van der Waals surface area contributed by atoms with Gasteiger partial charge in [-0.25, -0.2) is 4.79 Å². The maximum Gasteiger partial charge on any atom is 0.319 e. The number of nitriles is 1. The summed E-state index contributed by atoms with van der Waals surface area (Å²) in [5.74, 6) is 0.484. The first kappa shape index (κ1) is 13.9. The van der Waals surface area contributed by atoms with E-state index in [1.54, 1.807) is 24.3 Å². The third kappa shape index (κ3) is 3.34. The molecular formula is C16H20N4O. The number of likely N-dealkylation sites (tertiary alicyclic amines) is 1. The summed E-state index contributed by atoms with van der Waals surface area (Å²) in [4.78, 5) is 14.5. The topological polar surface area (TPSA) is 68.2 Å². The summed E-state index contributed by atoms with van der Waals surface area (Å²) < 4.78 is 0. The number of hydrogen-bond donors (Lipinski definition) is 2. The Morgan fingerprint density at radius 2 is 2.00 bits per heavy atom. The van der Waals surface area contributed by atoms with Crippen LogP contribution < -0.4 is 10.6 Å². The van der Waals surface area contributed by atoms with E-state index < -0.39 is 0 Å². The Balaban J connectivity index is 1.52. The Morgan fingerprint density at radius 3 is 2.62 bits per heavy atom. The van der Waals surface area contributed by atoms with Gasteiger partial charge in [0.2, 0.25) is 0 Å². The minimum atomic E-state index is -0.172. The highest BCUT2D eigenvalue weighted by molar-refractivity contribution is 5.89. The van der Waals surface area contributed by atoms with Gasteiger partial charge in [-0.15, -0.1) is 0 Å². The van der Waals surface area contributed by atoms with E-state index in [9.17, 15) is 4.79 Å². The van der Waals surface area contributed by atoms with Gasteiger partial charge >= 0.3 is 6.03 Å². The van der Waals surface area contributed by atoms with E-state index in [0.29, 0.717) is 17.2 Å². The molecule has 1 saturated carbocycles. The predicted octanol–water partition coefficient (Wildman–Crippen LogP) is 2.16. The first-order chi connectivity index (χ1) is 10.2. The van der Waals surface area contributed by atoms with E-state index in [1.807, 2.05) is 0 Å². The van der Waals surface area contributed by atoms with Crippen LogP contribution in [0.15, 0.2) is 24.3 Å². The highest BCUT2D eigenvalue weighted by atomic mass is 16.2. The summed E-state index contributed by atoms with van der Waals surface area (Å²) in [5.41, 5.74) is 1.29. The molecule has 2 atom stereocenters. The molecule has 2 fully saturated rings. The third-order valence-corrected chi connectivity index (χ3v) is 4.29. The Morgan fingerprint density at radius 1 is 1.29 bits per heavy atom. The van der Waals surface area contributed by atoms with Crippen molar-refractivity contribution in [2.45, 2.75) is 31.8 Å². The van der Waals surface area contributed by atoms with Crippen molar-refractivity contribution < 1.29 is 4.79 Å². The van der Waals surface area contributed by atoms with Crippen LogP contribution in [0.1, 0.15) is 25.3 Å². The number of nitrogens with one attached hydrogen (secondary N) is 2. The van der Waals surface area contributed by atoms with E-state index in [-0.39, 0.29) is 12.1 Å². The zero-order valence-corrected chi connectivity index (χ0v) is 12.2. The molecule has 0 radical (unpaired) electrons. The number of benzene rings is 1. The highest BCUT2D eigenvalue weighted by Crippen LogP contribution is 2.31. The number of anilines is 1. The van der Waals surface area contributed by atoms with Gasteiger partial charge in [0.25, 0.3) is 0 Å². The van der Waals surface area contributed by atoms with E-state index in [2.05, 4.69) is 28.5 Å². The lowest BCUT2D eigenvalue weighted by atomic mass is 10.1. The molecule has 0 spiro atoms. The molecule has 1 aliphatic carbocycles. The summed E-state index contributed by atoms with van der Waals surface area (Å²) in [6.45, 7) is 4.22. The summed E-state index contributed by atoms with van der Waals surface area (Å²) in [6.07, 6.45) is 2.60. The molecule has 3 rings (SSSR count). The third-order valence-electron chi connectivity index (χ3n) is 4.29. The smallest absolute Gasteiger partial charge is 0.319 e. The van der Waals surface area contributed by atoms with Crippen LogP contribution in [0.2, 0.25) is 0 Å². The van der Waals surface area contributed by atoms with E-state index in [1.165, 1.54) is 12.8 Å². The first-order valence-electron chi connectivity index (χ1n) is 7.47. The van der Waals surface area contributed by atoms with Crippen molar-refractivity contribution in [2.75, 3.05) is 18.4 Å². The fourth-order valence-corrected chi connectivity index (χ4v) is 2.89. The van der Waals surface area contributed by atoms with E-state index >= 15 is 0 Å². The van der Waals surface area contributed by atoms with Gasteiger partial charge in [0.05, 0.1) is 11.6 Å². The van der Waals surface area contributed by atoms with Crippen molar-refractivity contribution in [3.63, 3.8) is 0 Å². The van der Waals surface area contributed by atoms with Gasteiger partial charge in [0, 0.05) is 30.9 Å². The van der Waals surface area contributed by atoms with Crippen LogP contribution in [0, 0.1) is 17.2 Å². The Hall–Kier alpha value is -2.06. The van der Waals surface area contributed by atoms with Crippen LogP contribution in [0.5, 0.6) is 0 Å². The number of carbonyl (C=O) groups excluding carboxylic acids is 1. The molecule has 1 aromatic carbocycles. The molecule has 0 unspecified atom stereocenters. The van der Waals surface area contributed by atoms with Crippen LogP contribution in [0.4, 0.5) is 10.5 Å². The molecule has 0 bridgehead atoms. The minimum Gasteiger partial charge on any atom is -0.334 e. The van der Waals surface area contributed by atoms with Gasteiger partial charge in [0.1, 0.15) is 0 Å². The maximum absolute atomic E-state index is 12.1. The predicted molar refractivity (Wildman–Crippen MR) is 80.9 cm³/mol. The number of rotatable bonds is 3. The maximum atomic E-state index is 12.1. The van der Waals surface area contributed by atoms with Gasteiger partial charge in [-0.3, -0.25) is 4.90 Å². The molecular weight excluding hydrogens is 264 g/mol. The van der Waals surface area contributed by atoms with Crippen LogP contribution >= 0.6 is 0 Å². The van der Waals surface area contributed by atoms with Crippen LogP contribution in [0.25, 0.3) is 0 Å². The SMILES string of the molecule is C[C@@H]1CN(C2CC2)C[C@@H]1NC(=O)Nc1ccc(C#N)cc1. The summed E-state index contributed by atoms with van der Waals surface area (Å²) in [7, 11) is 0. The van der Waals surface area contributed by atoms with Crippen LogP contribution in [0.3, 0.4) is 0 Å². The van der Waals surface area contributed by atoms with Crippen molar-refractivity contribution in [2.24, 2.45) is 5.92 Å². The van der Waals surface area contributed by atoms with Crippen molar-refractivity contribution in [3.8, 4) is 6.07 Å². The van der Waals surface area contributed by atoms with Crippen LogP contribution in [-0.2, 0) is 0 Å². The molecule has 2 aliphatic rings. The Labute approximate surface area is 124 Å². The summed E-state index contributed by atoms with van der Waals surface area (Å²) >= 11 is 0. The van der Waals surface area contributed by atoms with E-state index in [0.717, 1.165) is 19.1 Å². The Kier molecular flexibility index (Phi) is 3.80. The molecule has 1 aromatic rings. The van der Waals surface area contributed by atoms with Crippen molar-refractivity contribution >= 4 is 11.7 Å². The van der Waals surface area contributed by atoms with Gasteiger partial charge in [-0.1, -0.05) is 6.92 Å². The zero-order valence-electron chi connectivity index (χ0n) is 12.2. The molecule has 110 valence electrons. The number of urea groups is 1. The monoisotopic (exact) mass is 284 g/mol. The van der Waals surface area contributed by atoms with Gasteiger partial charge < -0.3 is 10.6 Å². The van der Waals surface area contributed by atoms with Crippen molar-refractivity contribution in [1.29, 1.82) is 5.26 Å². The Bertz CT molecular complexity index is 559. The second-order valence-electron chi connectivity index (χ2n) is 6.06. The fourth-order valence-electron chi connectivity index (χ4n) is 2.89. The van der Waals surface area contributed by atoms with E-state index in [4.69, 9.17) is 5.26 Å². The van der Waals surface area contributed by atoms with Crippen molar-refractivity contribution in [1.82, 2.24) is 10.2 Å². The molecule has 2 amide bonds. The average molecular weight is 284 g/mol. The number of nitrogens with zero attached hydrogens (tertiary/aromatic N) is 2. The quantitative estimate of drug-likeness (QED) is 0.893. The molecule has 1 saturated heterocycles. The average Bonchev–Trinajstić information content (AvgIpc) is 3.26.